The number of nitrogens with two attached hydrogens (primary N) is 1. The molecule has 1 aromatic heterocycles. The molecule has 0 saturated carbocycles. The van der Waals surface area contributed by atoms with Crippen molar-refractivity contribution >= 4 is 38.3 Å². The Balaban J connectivity index is 1.91. The van der Waals surface area contributed by atoms with E-state index in [-0.39, 0.29) is 12.3 Å². The van der Waals surface area contributed by atoms with E-state index in [0.717, 1.165) is 11.8 Å². The summed E-state index contributed by atoms with van der Waals surface area (Å²) in [7, 11) is -3.20. The smallest absolute Gasteiger partial charge is 0.257 e. The van der Waals surface area contributed by atoms with Crippen molar-refractivity contribution in [3.8, 4) is 0 Å². The van der Waals surface area contributed by atoms with Gasteiger partial charge in [-0.15, -0.1) is 11.3 Å². The molecule has 0 spiro atoms. The molecule has 1 aromatic carbocycles. The van der Waals surface area contributed by atoms with Gasteiger partial charge in [0.25, 0.3) is 5.91 Å². The van der Waals surface area contributed by atoms with Gasteiger partial charge < -0.3 is 5.73 Å². The second-order valence-electron chi connectivity index (χ2n) is 5.35. The number of amides is 2. The van der Waals surface area contributed by atoms with Crippen molar-refractivity contribution in [3.05, 3.63) is 46.5 Å². The number of carbonyl (C=O) groups excluding carboxylic acids is 2. The highest BCUT2D eigenvalue weighted by atomic mass is 32.2. The molecule has 2 amide bonds. The van der Waals surface area contributed by atoms with Gasteiger partial charge >= 0.3 is 0 Å². The van der Waals surface area contributed by atoms with Crippen molar-refractivity contribution in [2.75, 3.05) is 18.1 Å². The number of sulfonamides is 1. The van der Waals surface area contributed by atoms with Crippen molar-refractivity contribution in [2.24, 2.45) is 5.73 Å². The summed E-state index contributed by atoms with van der Waals surface area (Å²) in [5.41, 5.74) is 6.97. The van der Waals surface area contributed by atoms with Gasteiger partial charge in [0.1, 0.15) is 0 Å². The van der Waals surface area contributed by atoms with Gasteiger partial charge in [-0.25, -0.2) is 18.1 Å². The number of benzene rings is 1. The van der Waals surface area contributed by atoms with Gasteiger partial charge in [-0.2, -0.15) is 0 Å². The highest BCUT2D eigenvalue weighted by Crippen LogP contribution is 2.17. The lowest BCUT2D eigenvalue weighted by atomic mass is 10.1. The van der Waals surface area contributed by atoms with Crippen molar-refractivity contribution in [3.63, 3.8) is 0 Å². The van der Waals surface area contributed by atoms with E-state index >= 15 is 0 Å². The molecule has 134 valence electrons. The standard InChI is InChI=1S/C15H18N4O4S2/c1-25(22,23)17-7-6-10-2-4-11(5-3-10)14(21)19-15-18-12(9-24-15)8-13(16)20/h2-5,9,17H,6-8H2,1H3,(H2,16,20)(H,18,19,21). The van der Waals surface area contributed by atoms with Gasteiger partial charge in [0.2, 0.25) is 15.9 Å². The lowest BCUT2D eigenvalue weighted by Gasteiger charge is -2.05. The Morgan fingerprint density at radius 2 is 1.92 bits per heavy atom. The average Bonchev–Trinajstić information content (AvgIpc) is 2.92. The summed E-state index contributed by atoms with van der Waals surface area (Å²) in [6.07, 6.45) is 1.66. The lowest BCUT2D eigenvalue weighted by molar-refractivity contribution is -0.117. The molecule has 0 aliphatic carbocycles. The summed E-state index contributed by atoms with van der Waals surface area (Å²) < 4.78 is 24.4. The van der Waals surface area contributed by atoms with E-state index in [4.69, 9.17) is 5.73 Å². The van der Waals surface area contributed by atoms with E-state index in [1.165, 1.54) is 11.3 Å². The molecule has 0 aliphatic heterocycles. The topological polar surface area (TPSA) is 131 Å². The van der Waals surface area contributed by atoms with Crippen LogP contribution >= 0.6 is 11.3 Å². The minimum Gasteiger partial charge on any atom is -0.369 e. The minimum absolute atomic E-state index is 0.0303. The normalized spacial score (nSPS) is 11.2. The fraction of sp³-hybridized carbons (Fsp3) is 0.267. The van der Waals surface area contributed by atoms with Gasteiger partial charge in [-0.3, -0.25) is 14.9 Å². The van der Waals surface area contributed by atoms with Crippen LogP contribution in [-0.2, 0) is 27.7 Å². The Morgan fingerprint density at radius 1 is 1.24 bits per heavy atom. The maximum atomic E-state index is 12.2. The average molecular weight is 382 g/mol. The van der Waals surface area contributed by atoms with Crippen molar-refractivity contribution in [1.82, 2.24) is 9.71 Å². The monoisotopic (exact) mass is 382 g/mol. The molecular weight excluding hydrogens is 364 g/mol. The number of carbonyl (C=O) groups is 2. The molecule has 0 saturated heterocycles. The largest absolute Gasteiger partial charge is 0.369 e. The zero-order valence-electron chi connectivity index (χ0n) is 13.5. The fourth-order valence-electron chi connectivity index (χ4n) is 2.00. The maximum absolute atomic E-state index is 12.2. The predicted octanol–water partition coefficient (Wildman–Crippen LogP) is 0.515. The third-order valence-electron chi connectivity index (χ3n) is 3.12. The first-order valence-corrected chi connectivity index (χ1v) is 10.1. The molecule has 2 rings (SSSR count). The number of hydrogen-bond donors (Lipinski definition) is 3. The molecule has 0 atom stereocenters. The Morgan fingerprint density at radius 3 is 2.52 bits per heavy atom. The Hall–Kier alpha value is -2.30. The highest BCUT2D eigenvalue weighted by Gasteiger charge is 2.10. The van der Waals surface area contributed by atoms with Crippen LogP contribution in [0.15, 0.2) is 29.6 Å². The molecule has 10 heteroatoms. The van der Waals surface area contributed by atoms with E-state index < -0.39 is 15.9 Å². The highest BCUT2D eigenvalue weighted by molar-refractivity contribution is 7.88. The summed E-state index contributed by atoms with van der Waals surface area (Å²) in [6.45, 7) is 0.298. The zero-order chi connectivity index (χ0) is 18.4. The van der Waals surface area contributed by atoms with Gasteiger partial charge in [0.05, 0.1) is 18.4 Å². The molecule has 4 N–H and O–H groups in total. The van der Waals surface area contributed by atoms with E-state index in [1.807, 2.05) is 0 Å². The molecule has 25 heavy (non-hydrogen) atoms. The van der Waals surface area contributed by atoms with E-state index in [0.29, 0.717) is 29.4 Å². The summed E-state index contributed by atoms with van der Waals surface area (Å²) >= 11 is 1.22. The maximum Gasteiger partial charge on any atom is 0.257 e. The van der Waals surface area contributed by atoms with E-state index in [9.17, 15) is 18.0 Å². The van der Waals surface area contributed by atoms with Crippen molar-refractivity contribution < 1.29 is 18.0 Å². The molecule has 0 bridgehead atoms. The van der Waals surface area contributed by atoms with Gasteiger partial charge in [-0.05, 0) is 24.1 Å². The summed E-state index contributed by atoms with van der Waals surface area (Å²) in [6, 6.07) is 6.84. The number of primary amides is 1. The fourth-order valence-corrected chi connectivity index (χ4v) is 3.18. The molecule has 0 unspecified atom stereocenters. The molecule has 1 heterocycles. The number of thiazole rings is 1. The molecule has 0 radical (unpaired) electrons. The van der Waals surface area contributed by atoms with E-state index in [2.05, 4.69) is 15.0 Å². The Labute approximate surface area is 149 Å². The Bertz CT molecular complexity index is 860. The van der Waals surface area contributed by atoms with Crippen LogP contribution < -0.4 is 15.8 Å². The molecule has 2 aromatic rings. The molecule has 8 nitrogen and oxygen atoms in total. The second-order valence-corrected chi connectivity index (χ2v) is 8.05. The van der Waals surface area contributed by atoms with Crippen LogP contribution in [0.3, 0.4) is 0 Å². The van der Waals surface area contributed by atoms with Crippen LogP contribution in [-0.4, -0.2) is 38.0 Å². The first-order chi connectivity index (χ1) is 11.7. The van der Waals surface area contributed by atoms with Crippen LogP contribution in [0.2, 0.25) is 0 Å². The van der Waals surface area contributed by atoms with Crippen molar-refractivity contribution in [2.45, 2.75) is 12.8 Å². The number of hydrogen-bond acceptors (Lipinski definition) is 6. The number of rotatable bonds is 8. The first kappa shape index (κ1) is 19.0. The summed E-state index contributed by atoms with van der Waals surface area (Å²) in [5, 5.41) is 4.72. The Kier molecular flexibility index (Phi) is 6.23. The van der Waals surface area contributed by atoms with E-state index in [1.54, 1.807) is 29.6 Å². The number of nitrogens with zero attached hydrogens (tertiary/aromatic N) is 1. The first-order valence-electron chi connectivity index (χ1n) is 7.30. The zero-order valence-corrected chi connectivity index (χ0v) is 15.1. The minimum atomic E-state index is -3.20. The molecular formula is C15H18N4O4S2. The van der Waals surface area contributed by atoms with Gasteiger partial charge in [-0.1, -0.05) is 12.1 Å². The van der Waals surface area contributed by atoms with Crippen LogP contribution in [0.25, 0.3) is 0 Å². The molecule has 0 fully saturated rings. The predicted molar refractivity (Wildman–Crippen MR) is 96.0 cm³/mol. The van der Waals surface area contributed by atoms with Gasteiger partial charge in [0, 0.05) is 17.5 Å². The lowest BCUT2D eigenvalue weighted by Crippen LogP contribution is -2.24. The van der Waals surface area contributed by atoms with Crippen LogP contribution in [0.4, 0.5) is 5.13 Å². The van der Waals surface area contributed by atoms with Crippen LogP contribution in [0.5, 0.6) is 0 Å². The van der Waals surface area contributed by atoms with Crippen LogP contribution in [0, 0.1) is 0 Å². The number of aromatic nitrogens is 1. The van der Waals surface area contributed by atoms with Gasteiger partial charge in [0.15, 0.2) is 5.13 Å². The number of nitrogens with one attached hydrogen (secondary N) is 2. The molecule has 0 aliphatic rings. The third-order valence-corrected chi connectivity index (χ3v) is 4.66. The quantitative estimate of drug-likeness (QED) is 0.612. The third kappa shape index (κ3) is 6.61. The summed E-state index contributed by atoms with van der Waals surface area (Å²) in [5.74, 6) is -0.801. The summed E-state index contributed by atoms with van der Waals surface area (Å²) in [4.78, 5) is 27.1. The number of anilines is 1. The van der Waals surface area contributed by atoms with Crippen LogP contribution in [0.1, 0.15) is 21.6 Å². The SMILES string of the molecule is CS(=O)(=O)NCCc1ccc(C(=O)Nc2nc(CC(N)=O)cs2)cc1. The second kappa shape index (κ2) is 8.19. The van der Waals surface area contributed by atoms with Crippen molar-refractivity contribution in [1.29, 1.82) is 0 Å².